The molecule has 0 radical (unpaired) electrons. The minimum absolute atomic E-state index is 0.122. The second-order valence-corrected chi connectivity index (χ2v) is 7.67. The molecule has 0 aliphatic heterocycles. The fourth-order valence-electron chi connectivity index (χ4n) is 2.05. The van der Waals surface area contributed by atoms with Crippen molar-refractivity contribution in [2.45, 2.75) is 18.0 Å². The van der Waals surface area contributed by atoms with Crippen LogP contribution in [0.25, 0.3) is 0 Å². The fraction of sp³-hybridized carbons (Fsp3) is 0.188. The molecule has 162 valence electrons. The smallest absolute Gasteiger partial charge is 0.382 e. The summed E-state index contributed by atoms with van der Waals surface area (Å²) in [7, 11) is -1.51. The summed E-state index contributed by atoms with van der Waals surface area (Å²) < 4.78 is 51.4. The molecule has 1 aromatic carbocycles. The predicted molar refractivity (Wildman–Crippen MR) is 107 cm³/mol. The lowest BCUT2D eigenvalue weighted by Gasteiger charge is -2.13. The second-order valence-electron chi connectivity index (χ2n) is 5.50. The number of benzene rings is 1. The number of nitrogens with two attached hydrogens (primary N) is 1. The molecule has 0 aliphatic carbocycles. The number of aromatic nitrogens is 2. The van der Waals surface area contributed by atoms with Crippen molar-refractivity contribution in [2.75, 3.05) is 12.0 Å². The number of anilines is 1. The maximum Gasteiger partial charge on any atom is 0.416 e. The van der Waals surface area contributed by atoms with Gasteiger partial charge >= 0.3 is 12.1 Å². The topological polar surface area (TPSA) is 112 Å². The Morgan fingerprint density at radius 3 is 2.43 bits per heavy atom. The quantitative estimate of drug-likeness (QED) is 0.298. The van der Waals surface area contributed by atoms with Gasteiger partial charge in [0.2, 0.25) is 0 Å². The number of alkyl halides is 3. The molecular formula is C16H14Cl2F3N5O3S. The number of nitrogens with zero attached hydrogens (tertiary/aromatic N) is 3. The Bertz CT molecular complexity index is 1030. The van der Waals surface area contributed by atoms with E-state index in [2.05, 4.69) is 15.6 Å². The average Bonchev–Trinajstić information content (AvgIpc) is 3.01. The van der Waals surface area contributed by atoms with E-state index in [1.807, 2.05) is 0 Å². The zero-order valence-corrected chi connectivity index (χ0v) is 17.7. The van der Waals surface area contributed by atoms with Crippen LogP contribution in [0.5, 0.6) is 0 Å². The van der Waals surface area contributed by atoms with Gasteiger partial charge in [0.15, 0.2) is 0 Å². The summed E-state index contributed by atoms with van der Waals surface area (Å²) in [5.74, 6) is -1.31. The van der Waals surface area contributed by atoms with E-state index in [9.17, 15) is 22.2 Å². The van der Waals surface area contributed by atoms with Crippen molar-refractivity contribution in [1.82, 2.24) is 15.3 Å². The zero-order chi connectivity index (χ0) is 22.6. The van der Waals surface area contributed by atoms with Gasteiger partial charge in [0.1, 0.15) is 16.4 Å². The monoisotopic (exact) mass is 483 g/mol. The van der Waals surface area contributed by atoms with Gasteiger partial charge in [0.05, 0.1) is 32.6 Å². The lowest BCUT2D eigenvalue weighted by Crippen LogP contribution is -2.33. The molecule has 0 spiro atoms. The van der Waals surface area contributed by atoms with Crippen LogP contribution in [0.1, 0.15) is 12.5 Å². The van der Waals surface area contributed by atoms with Crippen LogP contribution in [0.4, 0.5) is 24.7 Å². The van der Waals surface area contributed by atoms with E-state index in [4.69, 9.17) is 33.8 Å². The maximum absolute atomic E-state index is 12.9. The van der Waals surface area contributed by atoms with E-state index in [1.54, 1.807) is 6.92 Å². The van der Waals surface area contributed by atoms with Crippen LogP contribution in [0, 0.1) is 0 Å². The largest absolute Gasteiger partial charge is 0.416 e. The molecule has 0 amide bonds. The third kappa shape index (κ3) is 5.52. The average molecular weight is 484 g/mol. The summed E-state index contributed by atoms with van der Waals surface area (Å²) in [6, 6.07) is 1.27. The van der Waals surface area contributed by atoms with Crippen LogP contribution in [-0.2, 0) is 26.6 Å². The minimum atomic E-state index is -4.68. The number of halogens is 5. The van der Waals surface area contributed by atoms with E-state index >= 15 is 0 Å². The van der Waals surface area contributed by atoms with Gasteiger partial charge in [-0.15, -0.1) is 0 Å². The van der Waals surface area contributed by atoms with Crippen molar-refractivity contribution in [3.05, 3.63) is 46.1 Å². The first-order chi connectivity index (χ1) is 14.0. The third-order valence-electron chi connectivity index (χ3n) is 3.39. The summed E-state index contributed by atoms with van der Waals surface area (Å²) >= 11 is 11.9. The number of nitrogen functional groups attached to an aromatic ring is 1. The molecule has 1 heterocycles. The van der Waals surface area contributed by atoms with Gasteiger partial charge in [0, 0.05) is 12.3 Å². The number of carbonyl (C=O) groups excluding carboxylic acids is 1. The Hall–Kier alpha value is -2.57. The highest BCUT2D eigenvalue weighted by Gasteiger charge is 2.32. The second kappa shape index (κ2) is 9.49. The lowest BCUT2D eigenvalue weighted by molar-refractivity contribution is -0.142. The molecule has 0 saturated heterocycles. The maximum atomic E-state index is 12.9. The van der Waals surface area contributed by atoms with Crippen LogP contribution in [-0.4, -0.2) is 32.2 Å². The van der Waals surface area contributed by atoms with Crippen molar-refractivity contribution in [3.8, 4) is 0 Å². The van der Waals surface area contributed by atoms with Crippen LogP contribution in [0.3, 0.4) is 0 Å². The van der Waals surface area contributed by atoms with Crippen LogP contribution < -0.4 is 11.2 Å². The van der Waals surface area contributed by atoms with Gasteiger partial charge in [-0.05, 0) is 19.1 Å². The molecule has 1 atom stereocenters. The number of aliphatic imine (C=N–C) groups is 1. The van der Waals surface area contributed by atoms with Gasteiger partial charge in [-0.1, -0.05) is 29.3 Å². The normalized spacial score (nSPS) is 13.5. The molecule has 1 unspecified atom stereocenters. The number of hydrogen-bond acceptors (Lipinski definition) is 6. The molecule has 0 saturated carbocycles. The molecule has 8 nitrogen and oxygen atoms in total. The third-order valence-corrected chi connectivity index (χ3v) is 4.90. The molecule has 0 fully saturated rings. The van der Waals surface area contributed by atoms with E-state index < -0.39 is 38.6 Å². The summed E-state index contributed by atoms with van der Waals surface area (Å²) in [5.41, 5.74) is 6.74. The van der Waals surface area contributed by atoms with Crippen molar-refractivity contribution in [1.29, 1.82) is 0 Å². The fourth-order valence-corrected chi connectivity index (χ4v) is 3.20. The van der Waals surface area contributed by atoms with Crippen molar-refractivity contribution in [2.24, 2.45) is 4.99 Å². The number of allylic oxidation sites excluding steroid dienone is 1. The molecule has 14 heteroatoms. The molecule has 1 aromatic heterocycles. The summed E-state index contributed by atoms with van der Waals surface area (Å²) in [6.07, 6.45) is 0.363. The highest BCUT2D eigenvalue weighted by molar-refractivity contribution is 7.84. The number of hydroxylamine groups is 1. The highest BCUT2D eigenvalue weighted by Crippen LogP contribution is 2.40. The van der Waals surface area contributed by atoms with Crippen molar-refractivity contribution >= 4 is 57.4 Å². The summed E-state index contributed by atoms with van der Waals surface area (Å²) in [4.78, 5) is 20.6. The van der Waals surface area contributed by atoms with Gasteiger partial charge in [-0.2, -0.15) is 28.4 Å². The number of carbonyl (C=O) groups is 1. The first-order valence-electron chi connectivity index (χ1n) is 7.87. The minimum Gasteiger partial charge on any atom is -0.382 e. The Morgan fingerprint density at radius 2 is 1.97 bits per heavy atom. The van der Waals surface area contributed by atoms with Gasteiger partial charge < -0.3 is 10.6 Å². The standard InChI is InChI=1S/C16H14Cl2F3N5O3S/c1-3-4-12(27)29-25-15(26-14(22)11(7-23-26)30(2)28)24-13-9(17)5-8(6-10(13)18)16(19,20)21/h3-7H,22H2,1-2H3,(H,24,25). The lowest BCUT2D eigenvalue weighted by atomic mass is 10.2. The predicted octanol–water partition coefficient (Wildman–Crippen LogP) is 3.69. The molecule has 2 rings (SSSR count). The van der Waals surface area contributed by atoms with Crippen LogP contribution in [0.2, 0.25) is 10.0 Å². The summed E-state index contributed by atoms with van der Waals surface area (Å²) in [5, 5.41) is 3.04. The molecule has 0 aliphatic rings. The van der Waals surface area contributed by atoms with Crippen LogP contribution in [0.15, 0.2) is 40.4 Å². The van der Waals surface area contributed by atoms with Crippen molar-refractivity contribution in [3.63, 3.8) is 0 Å². The highest BCUT2D eigenvalue weighted by atomic mass is 35.5. The molecular weight excluding hydrogens is 470 g/mol. The SMILES string of the molecule is CC=CC(=O)ONC(=Nc1c(Cl)cc(C(F)(F)F)cc1Cl)n1ncc(S(C)=O)c1N. The van der Waals surface area contributed by atoms with E-state index in [0.717, 1.165) is 10.8 Å². The van der Waals surface area contributed by atoms with Gasteiger partial charge in [-0.25, -0.2) is 9.79 Å². The molecule has 2 aromatic rings. The first kappa shape index (κ1) is 23.7. The zero-order valence-electron chi connectivity index (χ0n) is 15.3. The van der Waals surface area contributed by atoms with Gasteiger partial charge in [0.25, 0.3) is 5.96 Å². The summed E-state index contributed by atoms with van der Waals surface area (Å²) in [6.45, 7) is 1.58. The Balaban J connectivity index is 2.58. The van der Waals surface area contributed by atoms with Crippen LogP contribution >= 0.6 is 23.2 Å². The Kier molecular flexibility index (Phi) is 7.50. The van der Waals surface area contributed by atoms with Gasteiger partial charge in [-0.3, -0.25) is 4.21 Å². The van der Waals surface area contributed by atoms with Crippen molar-refractivity contribution < 1.29 is 27.0 Å². The molecule has 3 N–H and O–H groups in total. The number of nitrogens with one attached hydrogen (secondary N) is 1. The Morgan fingerprint density at radius 1 is 1.37 bits per heavy atom. The number of rotatable bonds is 3. The Labute approximate surface area is 180 Å². The molecule has 30 heavy (non-hydrogen) atoms. The van der Waals surface area contributed by atoms with E-state index in [1.165, 1.54) is 18.5 Å². The molecule has 0 bridgehead atoms. The number of hydrogen-bond donors (Lipinski definition) is 2. The van der Waals surface area contributed by atoms with E-state index in [-0.39, 0.29) is 22.4 Å². The first-order valence-corrected chi connectivity index (χ1v) is 10.2. The van der Waals surface area contributed by atoms with E-state index in [0.29, 0.717) is 12.1 Å².